The molecule has 2 aromatic carbocycles. The number of aryl methyl sites for hydroxylation is 1. The fraction of sp³-hybridized carbons (Fsp3) is 0.235. The molecule has 0 aromatic heterocycles. The van der Waals surface area contributed by atoms with Crippen LogP contribution in [0.2, 0.25) is 10.0 Å². The number of hydrogen-bond acceptors (Lipinski definition) is 2. The normalized spacial score (nSPS) is 11.8. The van der Waals surface area contributed by atoms with Gasteiger partial charge in [-0.25, -0.2) is 0 Å². The van der Waals surface area contributed by atoms with Crippen molar-refractivity contribution in [1.29, 1.82) is 0 Å². The molecule has 3 nitrogen and oxygen atoms in total. The van der Waals surface area contributed by atoms with E-state index in [2.05, 4.69) is 5.32 Å². The minimum absolute atomic E-state index is 0.0427. The minimum atomic E-state index is -0.185. The Morgan fingerprint density at radius 1 is 1.18 bits per heavy atom. The van der Waals surface area contributed by atoms with Crippen molar-refractivity contribution in [2.24, 2.45) is 0 Å². The van der Waals surface area contributed by atoms with Gasteiger partial charge in [-0.05, 0) is 55.3 Å². The summed E-state index contributed by atoms with van der Waals surface area (Å²) >= 11 is 11.8. The van der Waals surface area contributed by atoms with E-state index in [9.17, 15) is 4.79 Å². The van der Waals surface area contributed by atoms with E-state index in [-0.39, 0.29) is 18.6 Å². The maximum absolute atomic E-state index is 11.9. The van der Waals surface area contributed by atoms with Crippen LogP contribution in [-0.4, -0.2) is 12.5 Å². The highest BCUT2D eigenvalue weighted by atomic mass is 35.5. The SMILES string of the molecule is Cc1cc(OCC(=O)N[C@@H](C)c2ccc(Cl)cc2)ccc1Cl. The highest BCUT2D eigenvalue weighted by Gasteiger charge is 2.10. The molecule has 0 heterocycles. The Morgan fingerprint density at radius 2 is 1.86 bits per heavy atom. The molecule has 1 amide bonds. The second kappa shape index (κ2) is 7.52. The molecule has 0 aliphatic heterocycles. The Morgan fingerprint density at radius 3 is 2.50 bits per heavy atom. The molecule has 0 saturated heterocycles. The molecule has 0 unspecified atom stereocenters. The largest absolute Gasteiger partial charge is 0.484 e. The molecule has 0 saturated carbocycles. The van der Waals surface area contributed by atoms with Crippen molar-refractivity contribution in [2.75, 3.05) is 6.61 Å². The number of ether oxygens (including phenoxy) is 1. The Bertz CT molecular complexity index is 656. The molecule has 5 heteroatoms. The Kier molecular flexibility index (Phi) is 5.69. The number of carbonyl (C=O) groups is 1. The first-order chi connectivity index (χ1) is 10.5. The number of nitrogens with one attached hydrogen (secondary N) is 1. The quantitative estimate of drug-likeness (QED) is 0.868. The van der Waals surface area contributed by atoms with Crippen LogP contribution in [0, 0.1) is 6.92 Å². The lowest BCUT2D eigenvalue weighted by atomic mass is 10.1. The summed E-state index contributed by atoms with van der Waals surface area (Å²) in [5.74, 6) is 0.436. The van der Waals surface area contributed by atoms with E-state index in [0.717, 1.165) is 11.1 Å². The Labute approximate surface area is 140 Å². The van der Waals surface area contributed by atoms with E-state index in [1.807, 2.05) is 26.0 Å². The fourth-order valence-electron chi connectivity index (χ4n) is 1.97. The summed E-state index contributed by atoms with van der Waals surface area (Å²) < 4.78 is 5.47. The number of carbonyl (C=O) groups excluding carboxylic acids is 1. The van der Waals surface area contributed by atoms with Crippen molar-refractivity contribution in [3.63, 3.8) is 0 Å². The van der Waals surface area contributed by atoms with Crippen LogP contribution in [0.5, 0.6) is 5.75 Å². The van der Waals surface area contributed by atoms with Gasteiger partial charge in [0.1, 0.15) is 5.75 Å². The van der Waals surface area contributed by atoms with Gasteiger partial charge < -0.3 is 10.1 Å². The van der Waals surface area contributed by atoms with E-state index in [4.69, 9.17) is 27.9 Å². The average molecular weight is 338 g/mol. The van der Waals surface area contributed by atoms with Crippen LogP contribution in [0.25, 0.3) is 0 Å². The first kappa shape index (κ1) is 16.7. The average Bonchev–Trinajstić information content (AvgIpc) is 2.49. The molecular formula is C17H17Cl2NO2. The molecule has 1 N–H and O–H groups in total. The summed E-state index contributed by atoms with van der Waals surface area (Å²) in [6.45, 7) is 3.75. The van der Waals surface area contributed by atoms with Crippen molar-refractivity contribution in [2.45, 2.75) is 19.9 Å². The van der Waals surface area contributed by atoms with Crippen molar-refractivity contribution in [3.8, 4) is 5.75 Å². The Balaban J connectivity index is 1.87. The summed E-state index contributed by atoms with van der Waals surface area (Å²) in [4.78, 5) is 11.9. The molecule has 0 bridgehead atoms. The molecule has 22 heavy (non-hydrogen) atoms. The third-order valence-electron chi connectivity index (χ3n) is 3.25. The molecule has 0 radical (unpaired) electrons. The van der Waals surface area contributed by atoms with Crippen LogP contribution in [-0.2, 0) is 4.79 Å². The lowest BCUT2D eigenvalue weighted by Gasteiger charge is -2.15. The third kappa shape index (κ3) is 4.65. The Hall–Kier alpha value is -1.71. The highest BCUT2D eigenvalue weighted by molar-refractivity contribution is 6.31. The van der Waals surface area contributed by atoms with Crippen molar-refractivity contribution in [1.82, 2.24) is 5.32 Å². The second-order valence-electron chi connectivity index (χ2n) is 5.04. The van der Waals surface area contributed by atoms with Crippen LogP contribution < -0.4 is 10.1 Å². The predicted octanol–water partition coefficient (Wildman–Crippen LogP) is 4.56. The van der Waals surface area contributed by atoms with Gasteiger partial charge in [-0.3, -0.25) is 4.79 Å². The third-order valence-corrected chi connectivity index (χ3v) is 3.92. The van der Waals surface area contributed by atoms with Crippen molar-refractivity contribution < 1.29 is 9.53 Å². The molecule has 0 spiro atoms. The van der Waals surface area contributed by atoms with Gasteiger partial charge in [0.15, 0.2) is 6.61 Å². The molecule has 0 aliphatic rings. The van der Waals surface area contributed by atoms with E-state index in [1.165, 1.54) is 0 Å². The minimum Gasteiger partial charge on any atom is -0.484 e. The first-order valence-corrected chi connectivity index (χ1v) is 7.65. The maximum Gasteiger partial charge on any atom is 0.258 e. The van der Waals surface area contributed by atoms with Gasteiger partial charge in [0.2, 0.25) is 0 Å². The van der Waals surface area contributed by atoms with Crippen LogP contribution in [0.3, 0.4) is 0 Å². The van der Waals surface area contributed by atoms with E-state index in [0.29, 0.717) is 15.8 Å². The van der Waals surface area contributed by atoms with Gasteiger partial charge in [-0.15, -0.1) is 0 Å². The standard InChI is InChI=1S/C17H17Cl2NO2/c1-11-9-15(7-8-16(11)19)22-10-17(21)20-12(2)13-3-5-14(18)6-4-13/h3-9,12H,10H2,1-2H3,(H,20,21)/t12-/m0/s1. The summed E-state index contributed by atoms with van der Waals surface area (Å²) in [5, 5.41) is 4.22. The molecular weight excluding hydrogens is 321 g/mol. The van der Waals surface area contributed by atoms with Crippen LogP contribution >= 0.6 is 23.2 Å². The van der Waals surface area contributed by atoms with E-state index >= 15 is 0 Å². The lowest BCUT2D eigenvalue weighted by Crippen LogP contribution is -2.31. The van der Waals surface area contributed by atoms with E-state index in [1.54, 1.807) is 30.3 Å². The molecule has 116 valence electrons. The lowest BCUT2D eigenvalue weighted by molar-refractivity contribution is -0.123. The smallest absolute Gasteiger partial charge is 0.258 e. The van der Waals surface area contributed by atoms with Crippen molar-refractivity contribution in [3.05, 3.63) is 63.6 Å². The number of rotatable bonds is 5. The molecule has 2 aromatic rings. The molecule has 2 rings (SSSR count). The van der Waals surface area contributed by atoms with Gasteiger partial charge in [0.25, 0.3) is 5.91 Å². The zero-order valence-electron chi connectivity index (χ0n) is 12.4. The zero-order chi connectivity index (χ0) is 16.1. The maximum atomic E-state index is 11.9. The summed E-state index contributed by atoms with van der Waals surface area (Å²) in [6, 6.07) is 12.6. The van der Waals surface area contributed by atoms with Gasteiger partial charge in [-0.1, -0.05) is 35.3 Å². The summed E-state index contributed by atoms with van der Waals surface area (Å²) in [7, 11) is 0. The van der Waals surface area contributed by atoms with Crippen LogP contribution in [0.4, 0.5) is 0 Å². The van der Waals surface area contributed by atoms with Gasteiger partial charge >= 0.3 is 0 Å². The monoisotopic (exact) mass is 337 g/mol. The van der Waals surface area contributed by atoms with Crippen molar-refractivity contribution >= 4 is 29.1 Å². The predicted molar refractivity (Wildman–Crippen MR) is 89.7 cm³/mol. The van der Waals surface area contributed by atoms with Gasteiger partial charge in [-0.2, -0.15) is 0 Å². The molecule has 1 atom stereocenters. The number of benzene rings is 2. The van der Waals surface area contributed by atoms with Gasteiger partial charge in [0, 0.05) is 10.0 Å². The van der Waals surface area contributed by atoms with E-state index < -0.39 is 0 Å². The fourth-order valence-corrected chi connectivity index (χ4v) is 2.22. The van der Waals surface area contributed by atoms with Crippen LogP contribution in [0.1, 0.15) is 24.1 Å². The first-order valence-electron chi connectivity index (χ1n) is 6.89. The second-order valence-corrected chi connectivity index (χ2v) is 5.88. The zero-order valence-corrected chi connectivity index (χ0v) is 13.9. The highest BCUT2D eigenvalue weighted by Crippen LogP contribution is 2.21. The topological polar surface area (TPSA) is 38.3 Å². The molecule has 0 fully saturated rings. The summed E-state index contributed by atoms with van der Waals surface area (Å²) in [5.41, 5.74) is 1.90. The number of amides is 1. The number of hydrogen-bond donors (Lipinski definition) is 1. The summed E-state index contributed by atoms with van der Waals surface area (Å²) in [6.07, 6.45) is 0. The number of halogens is 2. The molecule has 0 aliphatic carbocycles. The van der Waals surface area contributed by atoms with Crippen LogP contribution in [0.15, 0.2) is 42.5 Å². The van der Waals surface area contributed by atoms with Gasteiger partial charge in [0.05, 0.1) is 6.04 Å².